The Morgan fingerprint density at radius 2 is 1.81 bits per heavy atom. The first-order chi connectivity index (χ1) is 10.2. The number of benzene rings is 2. The van der Waals surface area contributed by atoms with Crippen LogP contribution in [0.2, 0.25) is 0 Å². The molecular formula is C17H15NOS2. The second-order valence-corrected chi connectivity index (χ2v) is 6.67. The van der Waals surface area contributed by atoms with Gasteiger partial charge in [0, 0.05) is 15.3 Å². The van der Waals surface area contributed by atoms with Crippen molar-refractivity contribution in [3.05, 3.63) is 59.0 Å². The number of hydrogen-bond donors (Lipinski definition) is 1. The Hall–Kier alpha value is -1.78. The summed E-state index contributed by atoms with van der Waals surface area (Å²) in [6.07, 6.45) is 2.04. The number of carbonyl (C=O) groups excluding carboxylic acids is 1. The maximum Gasteiger partial charge on any atom is 0.266 e. The molecule has 0 saturated carbocycles. The fourth-order valence-electron chi connectivity index (χ4n) is 2.25. The molecule has 0 radical (unpaired) electrons. The molecule has 0 spiro atoms. The molecule has 21 heavy (non-hydrogen) atoms. The third kappa shape index (κ3) is 2.82. The Morgan fingerprint density at radius 1 is 1.10 bits per heavy atom. The van der Waals surface area contributed by atoms with E-state index in [-0.39, 0.29) is 5.91 Å². The van der Waals surface area contributed by atoms with Crippen LogP contribution in [0.25, 0.3) is 10.1 Å². The first kappa shape index (κ1) is 14.2. The van der Waals surface area contributed by atoms with Crippen molar-refractivity contribution in [2.75, 3.05) is 11.6 Å². The van der Waals surface area contributed by atoms with Crippen LogP contribution in [0.4, 0.5) is 5.69 Å². The highest BCUT2D eigenvalue weighted by Crippen LogP contribution is 2.31. The molecule has 0 aliphatic heterocycles. The zero-order valence-electron chi connectivity index (χ0n) is 11.8. The Bertz CT molecular complexity index is 790. The molecule has 0 unspecified atom stereocenters. The molecule has 0 aliphatic carbocycles. The minimum absolute atomic E-state index is 0.0365. The molecule has 106 valence electrons. The van der Waals surface area contributed by atoms with Crippen molar-refractivity contribution in [2.45, 2.75) is 11.8 Å². The number of aryl methyl sites for hydroxylation is 1. The molecule has 0 bridgehead atoms. The molecule has 1 heterocycles. The van der Waals surface area contributed by atoms with Crippen molar-refractivity contribution < 1.29 is 4.79 Å². The summed E-state index contributed by atoms with van der Waals surface area (Å²) in [6.45, 7) is 2.00. The van der Waals surface area contributed by atoms with Crippen molar-refractivity contribution >= 4 is 44.8 Å². The van der Waals surface area contributed by atoms with Crippen molar-refractivity contribution in [3.8, 4) is 0 Å². The van der Waals surface area contributed by atoms with Gasteiger partial charge in [-0.05, 0) is 54.5 Å². The first-order valence-electron chi connectivity index (χ1n) is 6.62. The third-order valence-corrected chi connectivity index (χ3v) is 5.41. The lowest BCUT2D eigenvalue weighted by atomic mass is 10.1. The monoisotopic (exact) mass is 313 g/mol. The number of thioether (sulfide) groups is 1. The van der Waals surface area contributed by atoms with Gasteiger partial charge in [-0.2, -0.15) is 0 Å². The summed E-state index contributed by atoms with van der Waals surface area (Å²) in [4.78, 5) is 14.4. The van der Waals surface area contributed by atoms with Gasteiger partial charge in [-0.1, -0.05) is 18.2 Å². The van der Waals surface area contributed by atoms with E-state index >= 15 is 0 Å². The van der Waals surface area contributed by atoms with E-state index in [1.54, 1.807) is 23.1 Å². The van der Waals surface area contributed by atoms with Gasteiger partial charge in [0.2, 0.25) is 0 Å². The number of carbonyl (C=O) groups is 1. The van der Waals surface area contributed by atoms with Gasteiger partial charge in [0.05, 0.1) is 4.88 Å². The predicted molar refractivity (Wildman–Crippen MR) is 92.7 cm³/mol. The maximum atomic E-state index is 12.5. The fraction of sp³-hybridized carbons (Fsp3) is 0.118. The molecule has 1 amide bonds. The second kappa shape index (κ2) is 5.92. The Kier molecular flexibility index (Phi) is 3.99. The number of fused-ring (bicyclic) bond motifs is 1. The molecule has 0 saturated heterocycles. The molecule has 0 atom stereocenters. The van der Waals surface area contributed by atoms with Crippen molar-refractivity contribution in [1.29, 1.82) is 0 Å². The van der Waals surface area contributed by atoms with Crippen LogP contribution in [-0.4, -0.2) is 12.2 Å². The molecule has 1 aromatic heterocycles. The molecular weight excluding hydrogens is 298 g/mol. The van der Waals surface area contributed by atoms with Crippen LogP contribution >= 0.6 is 23.1 Å². The van der Waals surface area contributed by atoms with E-state index in [9.17, 15) is 4.79 Å². The third-order valence-electron chi connectivity index (χ3n) is 3.40. The number of amides is 1. The van der Waals surface area contributed by atoms with Crippen molar-refractivity contribution in [1.82, 2.24) is 0 Å². The predicted octanol–water partition coefficient (Wildman–Crippen LogP) is 5.18. The van der Waals surface area contributed by atoms with E-state index in [4.69, 9.17) is 0 Å². The van der Waals surface area contributed by atoms with Crippen LogP contribution in [0.15, 0.2) is 53.4 Å². The topological polar surface area (TPSA) is 29.1 Å². The van der Waals surface area contributed by atoms with E-state index in [0.29, 0.717) is 0 Å². The van der Waals surface area contributed by atoms with Crippen LogP contribution in [0.1, 0.15) is 15.2 Å². The largest absolute Gasteiger partial charge is 0.321 e. The van der Waals surface area contributed by atoms with E-state index in [1.807, 2.05) is 49.6 Å². The van der Waals surface area contributed by atoms with E-state index in [2.05, 4.69) is 17.4 Å². The first-order valence-corrected chi connectivity index (χ1v) is 8.66. The van der Waals surface area contributed by atoms with Crippen LogP contribution in [-0.2, 0) is 0 Å². The molecule has 0 fully saturated rings. The van der Waals surface area contributed by atoms with Gasteiger partial charge in [-0.3, -0.25) is 4.79 Å². The fourth-order valence-corrected chi connectivity index (χ4v) is 3.77. The molecule has 1 N–H and O–H groups in total. The van der Waals surface area contributed by atoms with Crippen molar-refractivity contribution in [2.24, 2.45) is 0 Å². The van der Waals surface area contributed by atoms with E-state index in [1.165, 1.54) is 4.90 Å². The highest BCUT2D eigenvalue weighted by Gasteiger charge is 2.15. The normalized spacial score (nSPS) is 10.8. The average molecular weight is 313 g/mol. The zero-order valence-corrected chi connectivity index (χ0v) is 13.5. The summed E-state index contributed by atoms with van der Waals surface area (Å²) in [5, 5.41) is 4.13. The molecule has 4 heteroatoms. The minimum atomic E-state index is -0.0365. The smallest absolute Gasteiger partial charge is 0.266 e. The standard InChI is InChI=1S/C17H15NOS2/c1-11-14-5-3-4-6-15(14)21-16(11)17(19)18-12-7-9-13(20-2)10-8-12/h3-10H,1-2H3,(H,18,19). The lowest BCUT2D eigenvalue weighted by Crippen LogP contribution is -2.11. The highest BCUT2D eigenvalue weighted by molar-refractivity contribution is 7.98. The number of nitrogens with one attached hydrogen (secondary N) is 1. The molecule has 0 aliphatic rings. The second-order valence-electron chi connectivity index (χ2n) is 4.73. The Labute approximate surface area is 132 Å². The van der Waals surface area contributed by atoms with Gasteiger partial charge in [-0.15, -0.1) is 23.1 Å². The quantitative estimate of drug-likeness (QED) is 0.675. The van der Waals surface area contributed by atoms with Crippen LogP contribution in [0.3, 0.4) is 0 Å². The number of hydrogen-bond acceptors (Lipinski definition) is 3. The van der Waals surface area contributed by atoms with Gasteiger partial charge in [-0.25, -0.2) is 0 Å². The van der Waals surface area contributed by atoms with Crippen LogP contribution in [0.5, 0.6) is 0 Å². The molecule has 3 rings (SSSR count). The Balaban J connectivity index is 1.87. The summed E-state index contributed by atoms with van der Waals surface area (Å²) < 4.78 is 1.15. The number of anilines is 1. The van der Waals surface area contributed by atoms with E-state index < -0.39 is 0 Å². The SMILES string of the molecule is CSc1ccc(NC(=O)c2sc3ccccc3c2C)cc1. The number of rotatable bonds is 3. The lowest BCUT2D eigenvalue weighted by molar-refractivity contribution is 0.103. The average Bonchev–Trinajstić information content (AvgIpc) is 2.86. The van der Waals surface area contributed by atoms with E-state index in [0.717, 1.165) is 26.2 Å². The molecule has 2 nitrogen and oxygen atoms in total. The number of thiophene rings is 1. The van der Waals surface area contributed by atoms with Gasteiger partial charge in [0.1, 0.15) is 0 Å². The van der Waals surface area contributed by atoms with Crippen LogP contribution in [0, 0.1) is 6.92 Å². The van der Waals surface area contributed by atoms with Crippen molar-refractivity contribution in [3.63, 3.8) is 0 Å². The summed E-state index contributed by atoms with van der Waals surface area (Å²) in [5.74, 6) is -0.0365. The van der Waals surface area contributed by atoms with Gasteiger partial charge in [0.15, 0.2) is 0 Å². The minimum Gasteiger partial charge on any atom is -0.321 e. The van der Waals surface area contributed by atoms with Gasteiger partial charge >= 0.3 is 0 Å². The summed E-state index contributed by atoms with van der Waals surface area (Å²) in [7, 11) is 0. The summed E-state index contributed by atoms with van der Waals surface area (Å²) in [6, 6.07) is 16.0. The molecule has 2 aromatic carbocycles. The Morgan fingerprint density at radius 3 is 2.48 bits per heavy atom. The summed E-state index contributed by atoms with van der Waals surface area (Å²) in [5.41, 5.74) is 1.88. The van der Waals surface area contributed by atoms with Crippen LogP contribution < -0.4 is 5.32 Å². The lowest BCUT2D eigenvalue weighted by Gasteiger charge is -2.05. The van der Waals surface area contributed by atoms with Gasteiger partial charge in [0.25, 0.3) is 5.91 Å². The molecule has 3 aromatic rings. The zero-order chi connectivity index (χ0) is 14.8. The highest BCUT2D eigenvalue weighted by atomic mass is 32.2. The summed E-state index contributed by atoms with van der Waals surface area (Å²) >= 11 is 3.23. The van der Waals surface area contributed by atoms with Gasteiger partial charge < -0.3 is 5.32 Å². The maximum absolute atomic E-state index is 12.5.